The average molecular weight is 348 g/mol. The zero-order valence-corrected chi connectivity index (χ0v) is 16.0. The minimum absolute atomic E-state index is 0.0841. The molecule has 0 aliphatic heterocycles. The van der Waals surface area contributed by atoms with Crippen LogP contribution in [0.1, 0.15) is 42.6 Å². The number of hydrogen-bond acceptors (Lipinski definition) is 4. The van der Waals surface area contributed by atoms with Gasteiger partial charge in [0.25, 0.3) is 0 Å². The highest BCUT2D eigenvalue weighted by Gasteiger charge is 2.20. The zero-order chi connectivity index (χ0) is 18.6. The molecule has 0 aliphatic carbocycles. The van der Waals surface area contributed by atoms with Gasteiger partial charge < -0.3 is 15.0 Å². The molecule has 0 bridgehead atoms. The summed E-state index contributed by atoms with van der Waals surface area (Å²) in [6, 6.07) is 6.86. The molecule has 0 amide bonds. The van der Waals surface area contributed by atoms with Gasteiger partial charge in [-0.15, -0.1) is 0 Å². The smallest absolute Gasteiger partial charge is 0.216 e. The molecule has 5 nitrogen and oxygen atoms in total. The fourth-order valence-corrected chi connectivity index (χ4v) is 3.10. The third kappa shape index (κ3) is 4.58. The summed E-state index contributed by atoms with van der Waals surface area (Å²) in [6.07, 6.45) is 0. The number of rotatable bonds is 8. The molecule has 6 heteroatoms. The van der Waals surface area contributed by atoms with Crippen molar-refractivity contribution in [3.8, 4) is 5.88 Å². The Morgan fingerprint density at radius 2 is 2.04 bits per heavy atom. The molecule has 0 fully saturated rings. The molecule has 25 heavy (non-hydrogen) atoms. The van der Waals surface area contributed by atoms with E-state index in [1.807, 2.05) is 27.2 Å². The van der Waals surface area contributed by atoms with E-state index in [1.165, 1.54) is 6.07 Å². The van der Waals surface area contributed by atoms with Crippen molar-refractivity contribution in [2.75, 3.05) is 27.7 Å². The average Bonchev–Trinajstić information content (AvgIpc) is 2.87. The van der Waals surface area contributed by atoms with Crippen molar-refractivity contribution in [1.82, 2.24) is 20.0 Å². The van der Waals surface area contributed by atoms with E-state index in [0.29, 0.717) is 19.0 Å². The molecule has 0 saturated heterocycles. The lowest BCUT2D eigenvalue weighted by Crippen LogP contribution is -2.31. The molecule has 1 unspecified atom stereocenters. The highest BCUT2D eigenvalue weighted by atomic mass is 19.1. The molecule has 2 aromatic rings. The number of hydrogen-bond donors (Lipinski definition) is 1. The van der Waals surface area contributed by atoms with Gasteiger partial charge >= 0.3 is 0 Å². The van der Waals surface area contributed by atoms with Crippen molar-refractivity contribution < 1.29 is 9.13 Å². The van der Waals surface area contributed by atoms with Gasteiger partial charge in [-0.2, -0.15) is 5.10 Å². The van der Waals surface area contributed by atoms with Crippen LogP contribution < -0.4 is 10.1 Å². The van der Waals surface area contributed by atoms with Crippen LogP contribution >= 0.6 is 0 Å². The number of aryl methyl sites for hydroxylation is 1. The van der Waals surface area contributed by atoms with Crippen LogP contribution in [-0.2, 0) is 13.6 Å². The molecule has 0 radical (unpaired) electrons. The zero-order valence-electron chi connectivity index (χ0n) is 16.0. The number of benzene rings is 1. The molecule has 1 aromatic carbocycles. The standard InChI is InChI=1S/C19H29FN4O/c1-13(2)18-16(19(25-6)24(5)22-18)11-21-12-17(23(3)4)14-8-7-9-15(20)10-14/h7-10,13,17,21H,11-12H2,1-6H3. The fourth-order valence-electron chi connectivity index (χ4n) is 3.10. The van der Waals surface area contributed by atoms with Crippen LogP contribution in [0.5, 0.6) is 5.88 Å². The van der Waals surface area contributed by atoms with Crippen molar-refractivity contribution in [3.63, 3.8) is 0 Å². The van der Waals surface area contributed by atoms with E-state index in [-0.39, 0.29) is 11.9 Å². The summed E-state index contributed by atoms with van der Waals surface area (Å²) in [5.74, 6) is 0.892. The molecule has 138 valence electrons. The third-order valence-corrected chi connectivity index (χ3v) is 4.36. The van der Waals surface area contributed by atoms with Gasteiger partial charge in [-0.1, -0.05) is 26.0 Å². The van der Waals surface area contributed by atoms with E-state index in [0.717, 1.165) is 22.7 Å². The second-order valence-corrected chi connectivity index (χ2v) is 6.82. The van der Waals surface area contributed by atoms with Gasteiger partial charge in [-0.3, -0.25) is 0 Å². The first-order valence-electron chi connectivity index (χ1n) is 8.57. The SMILES string of the molecule is COc1c(CNCC(c2cccc(F)c2)N(C)C)c(C(C)C)nn1C. The number of methoxy groups -OCH3 is 1. The van der Waals surface area contributed by atoms with E-state index in [9.17, 15) is 4.39 Å². The Balaban J connectivity index is 2.13. The molecule has 0 saturated carbocycles. The first-order valence-corrected chi connectivity index (χ1v) is 8.57. The highest BCUT2D eigenvalue weighted by molar-refractivity contribution is 5.33. The van der Waals surface area contributed by atoms with Gasteiger partial charge in [0.15, 0.2) is 0 Å². The summed E-state index contributed by atoms with van der Waals surface area (Å²) in [6.45, 7) is 5.61. The second-order valence-electron chi connectivity index (χ2n) is 6.82. The molecular weight excluding hydrogens is 319 g/mol. The van der Waals surface area contributed by atoms with Gasteiger partial charge in [0.05, 0.1) is 18.4 Å². The van der Waals surface area contributed by atoms with Crippen molar-refractivity contribution >= 4 is 0 Å². The Bertz CT molecular complexity index is 697. The normalized spacial score (nSPS) is 12.8. The van der Waals surface area contributed by atoms with E-state index >= 15 is 0 Å². The third-order valence-electron chi connectivity index (χ3n) is 4.36. The summed E-state index contributed by atoms with van der Waals surface area (Å²) >= 11 is 0. The van der Waals surface area contributed by atoms with E-state index in [2.05, 4.69) is 29.2 Å². The molecule has 0 spiro atoms. The lowest BCUT2D eigenvalue weighted by molar-refractivity contribution is 0.287. The Kier molecular flexibility index (Phi) is 6.56. The molecular formula is C19H29FN4O. The first-order chi connectivity index (χ1) is 11.8. The van der Waals surface area contributed by atoms with Crippen molar-refractivity contribution in [3.05, 3.63) is 46.9 Å². The maximum Gasteiger partial charge on any atom is 0.216 e. The summed E-state index contributed by atoms with van der Waals surface area (Å²) in [4.78, 5) is 2.09. The maximum atomic E-state index is 13.6. The van der Waals surface area contributed by atoms with E-state index in [1.54, 1.807) is 23.9 Å². The summed E-state index contributed by atoms with van der Waals surface area (Å²) in [5.41, 5.74) is 3.08. The Hall–Kier alpha value is -1.92. The topological polar surface area (TPSA) is 42.3 Å². The predicted molar refractivity (Wildman–Crippen MR) is 98.4 cm³/mol. The molecule has 1 N–H and O–H groups in total. The van der Waals surface area contributed by atoms with Crippen LogP contribution in [0.25, 0.3) is 0 Å². The van der Waals surface area contributed by atoms with Crippen molar-refractivity contribution in [1.29, 1.82) is 0 Å². The number of nitrogens with zero attached hydrogens (tertiary/aromatic N) is 3. The number of aromatic nitrogens is 2. The molecule has 1 atom stereocenters. The van der Waals surface area contributed by atoms with Crippen LogP contribution in [0.4, 0.5) is 4.39 Å². The van der Waals surface area contributed by atoms with Gasteiger partial charge in [0, 0.05) is 26.2 Å². The summed E-state index contributed by atoms with van der Waals surface area (Å²) in [5, 5.41) is 8.06. The second kappa shape index (κ2) is 8.45. The number of ether oxygens (including phenoxy) is 1. The van der Waals surface area contributed by atoms with Crippen LogP contribution in [0.15, 0.2) is 24.3 Å². The molecule has 1 heterocycles. The molecule has 2 rings (SSSR count). The lowest BCUT2D eigenvalue weighted by atomic mass is 10.0. The van der Waals surface area contributed by atoms with E-state index < -0.39 is 0 Å². The number of halogens is 1. The predicted octanol–water partition coefficient (Wildman–Crippen LogP) is 3.08. The fraction of sp³-hybridized carbons (Fsp3) is 0.526. The number of likely N-dealkylation sites (N-methyl/N-ethyl adjacent to an activating group) is 1. The number of nitrogens with one attached hydrogen (secondary N) is 1. The minimum atomic E-state index is -0.208. The van der Waals surface area contributed by atoms with Gasteiger partial charge in [-0.25, -0.2) is 9.07 Å². The van der Waals surface area contributed by atoms with Crippen LogP contribution in [0.2, 0.25) is 0 Å². The van der Waals surface area contributed by atoms with Crippen molar-refractivity contribution in [2.24, 2.45) is 7.05 Å². The van der Waals surface area contributed by atoms with Crippen molar-refractivity contribution in [2.45, 2.75) is 32.4 Å². The van der Waals surface area contributed by atoms with Crippen LogP contribution in [0.3, 0.4) is 0 Å². The van der Waals surface area contributed by atoms with Gasteiger partial charge in [0.2, 0.25) is 5.88 Å². The highest BCUT2D eigenvalue weighted by Crippen LogP contribution is 2.27. The first kappa shape index (κ1) is 19.4. The molecule has 1 aromatic heterocycles. The van der Waals surface area contributed by atoms with Crippen LogP contribution in [-0.4, -0.2) is 42.4 Å². The summed E-state index contributed by atoms with van der Waals surface area (Å²) < 4.78 is 20.8. The Morgan fingerprint density at radius 3 is 2.60 bits per heavy atom. The maximum absolute atomic E-state index is 13.6. The molecule has 0 aliphatic rings. The Morgan fingerprint density at radius 1 is 1.32 bits per heavy atom. The van der Waals surface area contributed by atoms with Crippen LogP contribution in [0, 0.1) is 5.82 Å². The van der Waals surface area contributed by atoms with E-state index in [4.69, 9.17) is 4.74 Å². The largest absolute Gasteiger partial charge is 0.481 e. The monoisotopic (exact) mass is 348 g/mol. The quantitative estimate of drug-likeness (QED) is 0.796. The van der Waals surface area contributed by atoms with Gasteiger partial charge in [0.1, 0.15) is 5.82 Å². The lowest BCUT2D eigenvalue weighted by Gasteiger charge is -2.25. The minimum Gasteiger partial charge on any atom is -0.481 e. The van der Waals surface area contributed by atoms with Gasteiger partial charge in [-0.05, 0) is 37.7 Å². The summed E-state index contributed by atoms with van der Waals surface area (Å²) in [7, 11) is 7.56. The Labute approximate surface area is 149 Å².